The molecule has 2 N–H and O–H groups in total. The van der Waals surface area contributed by atoms with Crippen molar-refractivity contribution in [3.63, 3.8) is 0 Å². The quantitative estimate of drug-likeness (QED) is 0.621. The minimum absolute atomic E-state index is 0.426. The zero-order chi connectivity index (χ0) is 8.81. The minimum Gasteiger partial charge on any atom is -0.338 e. The summed E-state index contributed by atoms with van der Waals surface area (Å²) < 4.78 is 0.676. The van der Waals surface area contributed by atoms with Crippen LogP contribution < -0.4 is 0 Å². The number of nitrogens with one attached hydrogen (secondary N) is 2. The van der Waals surface area contributed by atoms with Crippen LogP contribution in [0.3, 0.4) is 0 Å². The van der Waals surface area contributed by atoms with Crippen LogP contribution in [-0.2, 0) is 0 Å². The molecule has 4 nitrogen and oxygen atoms in total. The molecule has 2 rings (SSSR count). The second-order valence-corrected chi connectivity index (χ2v) is 2.56. The van der Waals surface area contributed by atoms with E-state index in [1.165, 1.54) is 0 Å². The molecule has 62 valence electrons. The van der Waals surface area contributed by atoms with E-state index in [2.05, 4.69) is 44.4 Å². The third-order valence-corrected chi connectivity index (χ3v) is 1.40. The highest BCUT2D eigenvalue weighted by atomic mass is 32.1. The summed E-state index contributed by atoms with van der Waals surface area (Å²) >= 11 is 9.16. The van der Waals surface area contributed by atoms with Crippen LogP contribution in [0.25, 0.3) is 0 Å². The molecule has 0 spiro atoms. The zero-order valence-electron chi connectivity index (χ0n) is 6.02. The Balaban J connectivity index is 0.000000120. The first-order valence-corrected chi connectivity index (χ1v) is 3.93. The SMILES string of the molecule is S=C1N=CC=N1.S=c1[nH]cc[nH]1. The van der Waals surface area contributed by atoms with Crippen molar-refractivity contribution in [3.05, 3.63) is 17.2 Å². The first-order valence-electron chi connectivity index (χ1n) is 3.12. The van der Waals surface area contributed by atoms with E-state index in [9.17, 15) is 0 Å². The van der Waals surface area contributed by atoms with Crippen molar-refractivity contribution in [2.75, 3.05) is 0 Å². The van der Waals surface area contributed by atoms with Crippen LogP contribution in [0.2, 0.25) is 0 Å². The van der Waals surface area contributed by atoms with E-state index in [1.54, 1.807) is 24.8 Å². The second-order valence-electron chi connectivity index (χ2n) is 1.79. The van der Waals surface area contributed by atoms with Gasteiger partial charge in [-0.2, -0.15) is 0 Å². The third kappa shape index (κ3) is 3.31. The molecule has 1 aromatic rings. The molecular weight excluding hydrogens is 192 g/mol. The molecule has 0 amide bonds. The molecule has 0 aromatic carbocycles. The molecule has 0 aliphatic carbocycles. The van der Waals surface area contributed by atoms with Gasteiger partial charge in [0.05, 0.1) is 0 Å². The molecule has 0 saturated carbocycles. The molecule has 0 radical (unpaired) electrons. The van der Waals surface area contributed by atoms with Crippen molar-refractivity contribution in [2.45, 2.75) is 0 Å². The Morgan fingerprint density at radius 3 is 1.67 bits per heavy atom. The number of aromatic amines is 2. The average Bonchev–Trinajstić information content (AvgIpc) is 2.63. The molecule has 0 bridgehead atoms. The maximum Gasteiger partial charge on any atom is 0.219 e. The number of hydrogen-bond donors (Lipinski definition) is 2. The van der Waals surface area contributed by atoms with Crippen LogP contribution in [0.1, 0.15) is 0 Å². The number of hydrogen-bond acceptors (Lipinski definition) is 2. The maximum absolute atomic E-state index is 4.63. The molecule has 0 atom stereocenters. The van der Waals surface area contributed by atoms with E-state index < -0.39 is 0 Å². The minimum atomic E-state index is 0.426. The summed E-state index contributed by atoms with van der Waals surface area (Å²) in [6.45, 7) is 0. The Morgan fingerprint density at radius 2 is 1.50 bits per heavy atom. The number of rotatable bonds is 0. The summed E-state index contributed by atoms with van der Waals surface area (Å²) in [5.74, 6) is 0. The van der Waals surface area contributed by atoms with E-state index >= 15 is 0 Å². The number of H-pyrrole nitrogens is 2. The molecule has 0 unspecified atom stereocenters. The Kier molecular flexibility index (Phi) is 3.49. The highest BCUT2D eigenvalue weighted by Crippen LogP contribution is 1.83. The largest absolute Gasteiger partial charge is 0.338 e. The molecule has 6 heteroatoms. The van der Waals surface area contributed by atoms with Gasteiger partial charge in [-0.05, 0) is 24.4 Å². The second kappa shape index (κ2) is 4.68. The Hall–Kier alpha value is -1.14. The number of thiocarbonyl (C=S) groups is 1. The first kappa shape index (κ1) is 8.95. The number of aromatic nitrogens is 2. The van der Waals surface area contributed by atoms with Crippen LogP contribution in [0.4, 0.5) is 0 Å². The van der Waals surface area contributed by atoms with Gasteiger partial charge in [0, 0.05) is 24.8 Å². The normalized spacial score (nSPS) is 12.8. The van der Waals surface area contributed by atoms with Gasteiger partial charge >= 0.3 is 0 Å². The van der Waals surface area contributed by atoms with Crippen LogP contribution in [-0.4, -0.2) is 27.5 Å². The summed E-state index contributed by atoms with van der Waals surface area (Å²) in [4.78, 5) is 12.8. The standard InChI is InChI=1S/C3H4N2S.C3H2N2S/c2*6-3-4-1-2-5-3/h1-2H,(H2,4,5,6);1-2H. The van der Waals surface area contributed by atoms with Crippen molar-refractivity contribution in [1.29, 1.82) is 0 Å². The van der Waals surface area contributed by atoms with Crippen molar-refractivity contribution >= 4 is 42.0 Å². The molecule has 1 aliphatic heterocycles. The summed E-state index contributed by atoms with van der Waals surface area (Å²) in [5, 5.41) is 0.426. The van der Waals surface area contributed by atoms with Crippen LogP contribution in [0.15, 0.2) is 22.4 Å². The molecule has 2 heterocycles. The smallest absolute Gasteiger partial charge is 0.219 e. The molecule has 0 saturated heterocycles. The summed E-state index contributed by atoms with van der Waals surface area (Å²) in [6.07, 6.45) is 6.65. The van der Waals surface area contributed by atoms with E-state index in [4.69, 9.17) is 0 Å². The van der Waals surface area contributed by atoms with Gasteiger partial charge in [-0.1, -0.05) is 0 Å². The first-order chi connectivity index (χ1) is 5.79. The number of aliphatic imine (C=N–C) groups is 2. The molecule has 1 aliphatic rings. The van der Waals surface area contributed by atoms with Crippen molar-refractivity contribution < 1.29 is 0 Å². The van der Waals surface area contributed by atoms with Crippen molar-refractivity contribution in [1.82, 2.24) is 9.97 Å². The highest BCUT2D eigenvalue weighted by molar-refractivity contribution is 7.80. The van der Waals surface area contributed by atoms with E-state index in [1.807, 2.05) is 0 Å². The predicted octanol–water partition coefficient (Wildman–Crippen LogP) is 1.50. The topological polar surface area (TPSA) is 56.3 Å². The van der Waals surface area contributed by atoms with Crippen molar-refractivity contribution in [3.8, 4) is 0 Å². The van der Waals surface area contributed by atoms with Gasteiger partial charge < -0.3 is 9.97 Å². The lowest BCUT2D eigenvalue weighted by Gasteiger charge is -1.67. The van der Waals surface area contributed by atoms with Crippen LogP contribution in [0, 0.1) is 4.77 Å². The fourth-order valence-electron chi connectivity index (χ4n) is 0.504. The predicted molar refractivity (Wildman–Crippen MR) is 55.6 cm³/mol. The fraction of sp³-hybridized carbons (Fsp3) is 0. The van der Waals surface area contributed by atoms with E-state index in [0.29, 0.717) is 9.88 Å². The molecule has 1 aromatic heterocycles. The van der Waals surface area contributed by atoms with Gasteiger partial charge in [-0.15, -0.1) is 0 Å². The van der Waals surface area contributed by atoms with E-state index in [-0.39, 0.29) is 0 Å². The third-order valence-electron chi connectivity index (χ3n) is 0.949. The van der Waals surface area contributed by atoms with Gasteiger partial charge in [-0.25, -0.2) is 9.98 Å². The highest BCUT2D eigenvalue weighted by Gasteiger charge is 1.86. The Bertz CT molecular complexity index is 329. The van der Waals surface area contributed by atoms with Crippen LogP contribution >= 0.6 is 24.4 Å². The van der Waals surface area contributed by atoms with Crippen molar-refractivity contribution in [2.24, 2.45) is 9.98 Å². The van der Waals surface area contributed by atoms with Gasteiger partial charge in [0.1, 0.15) is 0 Å². The summed E-state index contributed by atoms with van der Waals surface area (Å²) in [5.41, 5.74) is 0. The van der Waals surface area contributed by atoms with Crippen LogP contribution in [0.5, 0.6) is 0 Å². The van der Waals surface area contributed by atoms with E-state index in [0.717, 1.165) is 0 Å². The summed E-state index contributed by atoms with van der Waals surface area (Å²) in [6, 6.07) is 0. The van der Waals surface area contributed by atoms with Gasteiger partial charge in [0.25, 0.3) is 0 Å². The lowest BCUT2D eigenvalue weighted by Crippen LogP contribution is -1.69. The monoisotopic (exact) mass is 198 g/mol. The molecule has 0 fully saturated rings. The van der Waals surface area contributed by atoms with Gasteiger partial charge in [-0.3, -0.25) is 0 Å². The maximum atomic E-state index is 4.63. The number of imidazole rings is 1. The summed E-state index contributed by atoms with van der Waals surface area (Å²) in [7, 11) is 0. The van der Waals surface area contributed by atoms with Gasteiger partial charge in [0.15, 0.2) is 4.77 Å². The Morgan fingerprint density at radius 1 is 1.00 bits per heavy atom. The Labute approximate surface area is 79.5 Å². The molecular formula is C6H6N4S2. The average molecular weight is 198 g/mol. The zero-order valence-corrected chi connectivity index (χ0v) is 7.65. The lowest BCUT2D eigenvalue weighted by atomic mass is 10.9. The fourth-order valence-corrected chi connectivity index (χ4v) is 0.762. The molecule has 12 heavy (non-hydrogen) atoms. The lowest BCUT2D eigenvalue weighted by molar-refractivity contribution is 1.27. The van der Waals surface area contributed by atoms with Gasteiger partial charge in [0.2, 0.25) is 5.11 Å². The number of nitrogens with zero attached hydrogens (tertiary/aromatic N) is 2.